The van der Waals surface area contributed by atoms with Crippen LogP contribution in [-0.2, 0) is 13.1 Å². The highest BCUT2D eigenvalue weighted by molar-refractivity contribution is 5.47. The van der Waals surface area contributed by atoms with Gasteiger partial charge in [-0.25, -0.2) is 0 Å². The molecule has 0 fully saturated rings. The topological polar surface area (TPSA) is 7.76 Å². The molecular weight excluding hydrogens is 196 g/mol. The van der Waals surface area contributed by atoms with Gasteiger partial charge in [0.15, 0.2) is 12.4 Å². The summed E-state index contributed by atoms with van der Waals surface area (Å²) >= 11 is 0. The van der Waals surface area contributed by atoms with Crippen LogP contribution in [0, 0.1) is 13.8 Å². The lowest BCUT2D eigenvalue weighted by Gasteiger charge is -2.10. The maximum atomic E-state index is 2.35. The van der Waals surface area contributed by atoms with E-state index in [1.54, 1.807) is 0 Å². The van der Waals surface area contributed by atoms with Crippen LogP contribution in [0.1, 0.15) is 11.1 Å². The summed E-state index contributed by atoms with van der Waals surface area (Å²) in [5.41, 5.74) is 5.28. The van der Waals surface area contributed by atoms with E-state index < -0.39 is 0 Å². The Balaban J connectivity index is 2.23. The molecule has 3 rings (SSSR count). The smallest absolute Gasteiger partial charge is 0.186 e. The van der Waals surface area contributed by atoms with Crippen LogP contribution in [0.2, 0.25) is 0 Å². The fourth-order valence-corrected chi connectivity index (χ4v) is 2.38. The zero-order valence-electron chi connectivity index (χ0n) is 9.77. The van der Waals surface area contributed by atoms with Crippen molar-refractivity contribution < 1.29 is 9.13 Å². The van der Waals surface area contributed by atoms with Crippen LogP contribution < -0.4 is 9.13 Å². The molecule has 0 bridgehead atoms. The van der Waals surface area contributed by atoms with Gasteiger partial charge in [0.2, 0.25) is 13.1 Å². The monoisotopic (exact) mass is 212 g/mol. The summed E-state index contributed by atoms with van der Waals surface area (Å²) < 4.78 is 4.69. The summed E-state index contributed by atoms with van der Waals surface area (Å²) in [6.07, 6.45) is 4.47. The summed E-state index contributed by atoms with van der Waals surface area (Å²) in [4.78, 5) is 0. The van der Waals surface area contributed by atoms with Gasteiger partial charge in [-0.3, -0.25) is 0 Å². The minimum absolute atomic E-state index is 1.07. The summed E-state index contributed by atoms with van der Waals surface area (Å²) in [7, 11) is 0. The van der Waals surface area contributed by atoms with Gasteiger partial charge in [0.1, 0.15) is 0 Å². The Morgan fingerprint density at radius 2 is 1.19 bits per heavy atom. The van der Waals surface area contributed by atoms with Crippen molar-refractivity contribution in [3.8, 4) is 11.4 Å². The molecule has 1 aliphatic rings. The Hall–Kier alpha value is -1.70. The second-order valence-corrected chi connectivity index (χ2v) is 4.57. The maximum Gasteiger partial charge on any atom is 0.277 e. The van der Waals surface area contributed by atoms with E-state index in [9.17, 15) is 0 Å². The molecule has 0 saturated heterocycles. The molecule has 1 aliphatic heterocycles. The van der Waals surface area contributed by atoms with E-state index in [0.29, 0.717) is 0 Å². The summed E-state index contributed by atoms with van der Waals surface area (Å²) in [5, 5.41) is 0. The average Bonchev–Trinajstić information content (AvgIpc) is 2.28. The van der Waals surface area contributed by atoms with Gasteiger partial charge in [-0.1, -0.05) is 0 Å². The van der Waals surface area contributed by atoms with Crippen LogP contribution in [0.25, 0.3) is 11.4 Å². The lowest BCUT2D eigenvalue weighted by molar-refractivity contribution is -0.795. The summed E-state index contributed by atoms with van der Waals surface area (Å²) in [6.45, 7) is 6.42. The fourth-order valence-electron chi connectivity index (χ4n) is 2.38. The molecule has 3 heterocycles. The number of hydrogen-bond donors (Lipinski definition) is 0. The van der Waals surface area contributed by atoms with Gasteiger partial charge in [-0.15, -0.1) is 0 Å². The number of rotatable bonds is 0. The molecule has 0 unspecified atom stereocenters. The Morgan fingerprint density at radius 1 is 0.750 bits per heavy atom. The van der Waals surface area contributed by atoms with Crippen LogP contribution in [0.3, 0.4) is 0 Å². The zero-order chi connectivity index (χ0) is 11.1. The van der Waals surface area contributed by atoms with Crippen molar-refractivity contribution >= 4 is 0 Å². The van der Waals surface area contributed by atoms with Crippen molar-refractivity contribution in [2.75, 3.05) is 0 Å². The summed E-state index contributed by atoms with van der Waals surface area (Å²) in [6, 6.07) is 8.80. The highest BCUT2D eigenvalue weighted by Gasteiger charge is 2.28. The van der Waals surface area contributed by atoms with Crippen LogP contribution in [-0.4, -0.2) is 0 Å². The van der Waals surface area contributed by atoms with Gasteiger partial charge in [-0.05, 0) is 26.0 Å². The van der Waals surface area contributed by atoms with Gasteiger partial charge < -0.3 is 0 Å². The normalized spacial score (nSPS) is 13.1. The molecule has 2 aromatic rings. The molecule has 0 radical (unpaired) electrons. The molecule has 0 amide bonds. The molecule has 0 N–H and O–H groups in total. The molecule has 0 aromatic carbocycles. The lowest BCUT2D eigenvalue weighted by atomic mass is 10.1. The second-order valence-electron chi connectivity index (χ2n) is 4.57. The number of fused-ring (bicyclic) bond motifs is 3. The first-order chi connectivity index (χ1) is 7.74. The van der Waals surface area contributed by atoms with E-state index >= 15 is 0 Å². The van der Waals surface area contributed by atoms with Crippen molar-refractivity contribution in [2.24, 2.45) is 0 Å². The van der Waals surface area contributed by atoms with Gasteiger partial charge in [0, 0.05) is 23.3 Å². The largest absolute Gasteiger partial charge is 0.277 e. The minimum atomic E-state index is 1.07. The number of nitrogens with zero attached hydrogens (tertiary/aromatic N) is 2. The SMILES string of the molecule is Cc1ccc2[n+](c1)CC[n+]1cc(C)ccc1-2. The third-order valence-electron chi connectivity index (χ3n) is 3.19. The summed E-state index contributed by atoms with van der Waals surface area (Å²) in [5.74, 6) is 0. The molecule has 0 spiro atoms. The molecular formula is C14H16N2+2. The van der Waals surface area contributed by atoms with E-state index in [1.807, 2.05) is 0 Å². The van der Waals surface area contributed by atoms with E-state index in [1.165, 1.54) is 22.5 Å². The van der Waals surface area contributed by atoms with E-state index in [4.69, 9.17) is 0 Å². The van der Waals surface area contributed by atoms with Crippen LogP contribution >= 0.6 is 0 Å². The molecule has 0 atom stereocenters. The minimum Gasteiger partial charge on any atom is -0.186 e. The predicted octanol–water partition coefficient (Wildman–Crippen LogP) is 1.56. The highest BCUT2D eigenvalue weighted by atomic mass is 15.1. The number of aryl methyl sites for hydroxylation is 4. The number of aromatic nitrogens is 2. The third-order valence-corrected chi connectivity index (χ3v) is 3.19. The van der Waals surface area contributed by atoms with Crippen LogP contribution in [0.5, 0.6) is 0 Å². The Labute approximate surface area is 95.8 Å². The van der Waals surface area contributed by atoms with Gasteiger partial charge in [0.25, 0.3) is 11.4 Å². The Bertz CT molecular complexity index is 507. The molecule has 0 aliphatic carbocycles. The van der Waals surface area contributed by atoms with E-state index in [2.05, 4.69) is 59.6 Å². The number of hydrogen-bond acceptors (Lipinski definition) is 0. The molecule has 2 heteroatoms. The molecule has 2 aromatic heterocycles. The molecule has 80 valence electrons. The average molecular weight is 212 g/mol. The van der Waals surface area contributed by atoms with Crippen molar-refractivity contribution in [1.29, 1.82) is 0 Å². The predicted molar refractivity (Wildman–Crippen MR) is 61.7 cm³/mol. The Kier molecular flexibility index (Phi) is 2.03. The first kappa shape index (κ1) is 9.52. The van der Waals surface area contributed by atoms with Gasteiger partial charge in [-0.2, -0.15) is 9.13 Å². The molecule has 2 nitrogen and oxygen atoms in total. The fraction of sp³-hybridized carbons (Fsp3) is 0.286. The Morgan fingerprint density at radius 3 is 1.62 bits per heavy atom. The van der Waals surface area contributed by atoms with Crippen molar-refractivity contribution in [3.63, 3.8) is 0 Å². The standard InChI is InChI=1S/C14H16N2/c1-11-3-5-13-14-6-4-12(2)10-16(14)8-7-15(13)9-11/h3-6,9-10H,7-8H2,1-2H3/q+2. The highest BCUT2D eigenvalue weighted by Crippen LogP contribution is 2.14. The van der Waals surface area contributed by atoms with E-state index in [0.717, 1.165) is 13.1 Å². The first-order valence-corrected chi connectivity index (χ1v) is 5.74. The second kappa shape index (κ2) is 3.41. The first-order valence-electron chi connectivity index (χ1n) is 5.74. The van der Waals surface area contributed by atoms with Crippen LogP contribution in [0.15, 0.2) is 36.7 Å². The van der Waals surface area contributed by atoms with Crippen molar-refractivity contribution in [3.05, 3.63) is 47.8 Å². The van der Waals surface area contributed by atoms with Crippen molar-refractivity contribution in [1.82, 2.24) is 0 Å². The molecule has 16 heavy (non-hydrogen) atoms. The zero-order valence-corrected chi connectivity index (χ0v) is 9.77. The maximum absolute atomic E-state index is 2.35. The van der Waals surface area contributed by atoms with Gasteiger partial charge in [0.05, 0.1) is 0 Å². The van der Waals surface area contributed by atoms with E-state index in [-0.39, 0.29) is 0 Å². The van der Waals surface area contributed by atoms with Crippen LogP contribution in [0.4, 0.5) is 0 Å². The third kappa shape index (κ3) is 1.42. The molecule has 0 saturated carbocycles. The quantitative estimate of drug-likeness (QED) is 0.585. The number of pyridine rings is 2. The lowest BCUT2D eigenvalue weighted by Crippen LogP contribution is -2.53. The van der Waals surface area contributed by atoms with Gasteiger partial charge >= 0.3 is 0 Å². The van der Waals surface area contributed by atoms with Crippen molar-refractivity contribution in [2.45, 2.75) is 26.9 Å².